The zero-order valence-corrected chi connectivity index (χ0v) is 13.0. The summed E-state index contributed by atoms with van der Waals surface area (Å²) in [5.41, 5.74) is 0.834. The van der Waals surface area contributed by atoms with Gasteiger partial charge < -0.3 is 9.73 Å². The van der Waals surface area contributed by atoms with Gasteiger partial charge in [-0.05, 0) is 46.7 Å². The molecule has 102 valence electrons. The Bertz CT molecular complexity index is 679. The second-order valence-corrected chi connectivity index (χ2v) is 7.07. The van der Waals surface area contributed by atoms with Gasteiger partial charge in [0.2, 0.25) is 0 Å². The fourth-order valence-corrected chi connectivity index (χ4v) is 2.99. The molecule has 4 nitrogen and oxygen atoms in total. The van der Waals surface area contributed by atoms with Crippen LogP contribution in [0, 0.1) is 0 Å². The van der Waals surface area contributed by atoms with E-state index in [1.165, 1.54) is 6.26 Å². The summed E-state index contributed by atoms with van der Waals surface area (Å²) in [6, 6.07) is 8.44. The van der Waals surface area contributed by atoms with E-state index in [0.29, 0.717) is 10.7 Å². The van der Waals surface area contributed by atoms with Gasteiger partial charge in [-0.1, -0.05) is 12.1 Å². The molecule has 2 rings (SSSR count). The van der Waals surface area contributed by atoms with Crippen LogP contribution in [0.15, 0.2) is 50.4 Å². The van der Waals surface area contributed by atoms with Crippen LogP contribution in [0.4, 0.5) is 0 Å². The maximum Gasteiger partial charge on any atom is 0.175 e. The standard InChI is InChI=1S/C13H14BrNO3S/c1-15-12(13-11(14)6-7-18-13)9-4-3-5-10(8-9)19(2,16)17/h3-8,12,15H,1-2H3. The van der Waals surface area contributed by atoms with E-state index in [9.17, 15) is 8.42 Å². The minimum Gasteiger partial charge on any atom is -0.466 e. The van der Waals surface area contributed by atoms with Crippen LogP contribution in [0.3, 0.4) is 0 Å². The smallest absolute Gasteiger partial charge is 0.175 e. The first-order valence-electron chi connectivity index (χ1n) is 5.63. The molecule has 0 radical (unpaired) electrons. The topological polar surface area (TPSA) is 59.3 Å². The van der Waals surface area contributed by atoms with Crippen molar-refractivity contribution in [3.05, 3.63) is 52.4 Å². The number of nitrogens with one attached hydrogen (secondary N) is 1. The molecule has 2 aromatic rings. The van der Waals surface area contributed by atoms with Gasteiger partial charge in [-0.15, -0.1) is 0 Å². The number of hydrogen-bond donors (Lipinski definition) is 1. The third kappa shape index (κ3) is 3.08. The zero-order chi connectivity index (χ0) is 14.0. The summed E-state index contributed by atoms with van der Waals surface area (Å²) in [6.07, 6.45) is 2.79. The first-order valence-corrected chi connectivity index (χ1v) is 8.32. The number of hydrogen-bond acceptors (Lipinski definition) is 4. The Morgan fingerprint density at radius 2 is 2.05 bits per heavy atom. The highest BCUT2D eigenvalue weighted by atomic mass is 79.9. The van der Waals surface area contributed by atoms with Crippen molar-refractivity contribution in [2.75, 3.05) is 13.3 Å². The molecular formula is C13H14BrNO3S. The van der Waals surface area contributed by atoms with Crippen LogP contribution in [0.1, 0.15) is 17.4 Å². The Balaban J connectivity index is 2.48. The van der Waals surface area contributed by atoms with E-state index in [4.69, 9.17) is 4.42 Å². The molecule has 0 fully saturated rings. The molecular weight excluding hydrogens is 330 g/mol. The minimum atomic E-state index is -3.22. The van der Waals surface area contributed by atoms with Crippen molar-refractivity contribution in [1.82, 2.24) is 5.32 Å². The van der Waals surface area contributed by atoms with E-state index in [1.54, 1.807) is 37.6 Å². The molecule has 1 atom stereocenters. The molecule has 0 saturated carbocycles. The summed E-state index contributed by atoms with van der Waals surface area (Å²) in [4.78, 5) is 0.299. The van der Waals surface area contributed by atoms with Crippen molar-refractivity contribution in [2.24, 2.45) is 0 Å². The fraction of sp³-hybridized carbons (Fsp3) is 0.231. The van der Waals surface area contributed by atoms with Crippen LogP contribution in [0.5, 0.6) is 0 Å². The Kier molecular flexibility index (Phi) is 4.13. The molecule has 1 N–H and O–H groups in total. The third-order valence-corrected chi connectivity index (χ3v) is 4.58. The molecule has 0 aliphatic rings. The van der Waals surface area contributed by atoms with E-state index in [-0.39, 0.29) is 6.04 Å². The summed E-state index contributed by atoms with van der Waals surface area (Å²) in [6.45, 7) is 0. The monoisotopic (exact) mass is 343 g/mol. The quantitative estimate of drug-likeness (QED) is 0.927. The molecule has 0 saturated heterocycles. The normalized spacial score (nSPS) is 13.4. The molecule has 19 heavy (non-hydrogen) atoms. The van der Waals surface area contributed by atoms with Crippen molar-refractivity contribution < 1.29 is 12.8 Å². The van der Waals surface area contributed by atoms with Crippen LogP contribution >= 0.6 is 15.9 Å². The Morgan fingerprint density at radius 1 is 1.32 bits per heavy atom. The molecule has 1 aromatic carbocycles. The molecule has 0 aliphatic carbocycles. The van der Waals surface area contributed by atoms with Gasteiger partial charge >= 0.3 is 0 Å². The second kappa shape index (κ2) is 5.48. The summed E-state index contributed by atoms with van der Waals surface area (Å²) in [7, 11) is -1.42. The largest absolute Gasteiger partial charge is 0.466 e. The molecule has 6 heteroatoms. The maximum atomic E-state index is 11.6. The number of benzene rings is 1. The molecule has 0 amide bonds. The van der Waals surface area contributed by atoms with Crippen LogP contribution in [0.25, 0.3) is 0 Å². The van der Waals surface area contributed by atoms with Gasteiger partial charge in [0.1, 0.15) is 5.76 Å². The third-order valence-electron chi connectivity index (χ3n) is 2.82. The predicted octanol–water partition coefficient (Wildman–Crippen LogP) is 2.75. The Labute approximate surface area is 120 Å². The summed E-state index contributed by atoms with van der Waals surface area (Å²) in [5, 5.41) is 3.12. The highest BCUT2D eigenvalue weighted by molar-refractivity contribution is 9.10. The van der Waals surface area contributed by atoms with Crippen molar-refractivity contribution in [3.8, 4) is 0 Å². The first kappa shape index (κ1) is 14.3. The van der Waals surface area contributed by atoms with Gasteiger partial charge in [-0.25, -0.2) is 8.42 Å². The number of rotatable bonds is 4. The fourth-order valence-electron chi connectivity index (χ4n) is 1.89. The summed E-state index contributed by atoms with van der Waals surface area (Å²) in [5.74, 6) is 0.716. The highest BCUT2D eigenvalue weighted by Gasteiger charge is 2.19. The molecule has 0 aliphatic heterocycles. The van der Waals surface area contributed by atoms with Crippen LogP contribution in [0.2, 0.25) is 0 Å². The highest BCUT2D eigenvalue weighted by Crippen LogP contribution is 2.30. The van der Waals surface area contributed by atoms with Gasteiger partial charge in [0.15, 0.2) is 9.84 Å². The molecule has 0 spiro atoms. The van der Waals surface area contributed by atoms with E-state index in [1.807, 2.05) is 6.07 Å². The number of sulfone groups is 1. The van der Waals surface area contributed by atoms with Crippen molar-refractivity contribution in [3.63, 3.8) is 0 Å². The molecule has 1 unspecified atom stereocenters. The Hall–Kier alpha value is -1.11. The molecule has 0 bridgehead atoms. The van der Waals surface area contributed by atoms with Gasteiger partial charge in [0, 0.05) is 6.26 Å². The van der Waals surface area contributed by atoms with Crippen LogP contribution in [-0.4, -0.2) is 21.7 Å². The van der Waals surface area contributed by atoms with Gasteiger partial charge in [-0.2, -0.15) is 0 Å². The lowest BCUT2D eigenvalue weighted by Gasteiger charge is -2.15. The SMILES string of the molecule is CNC(c1cccc(S(C)(=O)=O)c1)c1occc1Br. The van der Waals surface area contributed by atoms with E-state index in [0.717, 1.165) is 10.0 Å². The number of halogens is 1. The maximum absolute atomic E-state index is 11.6. The molecule has 1 heterocycles. The number of furan rings is 1. The van der Waals surface area contributed by atoms with E-state index < -0.39 is 9.84 Å². The van der Waals surface area contributed by atoms with Crippen molar-refractivity contribution >= 4 is 25.8 Å². The minimum absolute atomic E-state index is 0.203. The van der Waals surface area contributed by atoms with Crippen molar-refractivity contribution in [1.29, 1.82) is 0 Å². The van der Waals surface area contributed by atoms with Crippen molar-refractivity contribution in [2.45, 2.75) is 10.9 Å². The lowest BCUT2D eigenvalue weighted by atomic mass is 10.1. The first-order chi connectivity index (χ1) is 8.93. The molecule has 1 aromatic heterocycles. The Morgan fingerprint density at radius 3 is 2.58 bits per heavy atom. The predicted molar refractivity (Wildman–Crippen MR) is 76.9 cm³/mol. The van der Waals surface area contributed by atoms with E-state index >= 15 is 0 Å². The average molecular weight is 344 g/mol. The zero-order valence-electron chi connectivity index (χ0n) is 10.6. The van der Waals surface area contributed by atoms with Crippen LogP contribution in [-0.2, 0) is 9.84 Å². The van der Waals surface area contributed by atoms with Gasteiger partial charge in [0.05, 0.1) is 21.7 Å². The summed E-state index contributed by atoms with van der Waals surface area (Å²) < 4.78 is 29.5. The van der Waals surface area contributed by atoms with Crippen LogP contribution < -0.4 is 5.32 Å². The lowest BCUT2D eigenvalue weighted by molar-refractivity contribution is 0.460. The second-order valence-electron chi connectivity index (χ2n) is 4.20. The van der Waals surface area contributed by atoms with Gasteiger partial charge in [0.25, 0.3) is 0 Å². The average Bonchev–Trinajstić information content (AvgIpc) is 2.76. The van der Waals surface area contributed by atoms with Gasteiger partial charge in [-0.3, -0.25) is 0 Å². The van der Waals surface area contributed by atoms with E-state index in [2.05, 4.69) is 21.2 Å². The lowest BCUT2D eigenvalue weighted by Crippen LogP contribution is -2.17. The summed E-state index contributed by atoms with van der Waals surface area (Å²) >= 11 is 3.41.